The number of nitrogens with zero attached hydrogens (tertiary/aromatic N) is 4. The Balaban J connectivity index is 1.42. The molecule has 2 saturated carbocycles. The van der Waals surface area contributed by atoms with Gasteiger partial charge in [-0.05, 0) is 31.6 Å². The van der Waals surface area contributed by atoms with Crippen LogP contribution in [-0.2, 0) is 13.1 Å². The molecule has 2 aliphatic rings. The van der Waals surface area contributed by atoms with Gasteiger partial charge in [-0.1, -0.05) is 11.1 Å². The number of hydrogen-bond acceptors (Lipinski definition) is 4. The van der Waals surface area contributed by atoms with Crippen molar-refractivity contribution in [2.45, 2.75) is 44.8 Å². The Kier molecular flexibility index (Phi) is 4.34. The number of aromatic nitrogens is 3. The normalized spacial score (nSPS) is 18.4. The van der Waals surface area contributed by atoms with E-state index >= 15 is 0 Å². The highest BCUT2D eigenvalue weighted by Crippen LogP contribution is 2.29. The summed E-state index contributed by atoms with van der Waals surface area (Å²) in [6, 6.07) is 0.713. The van der Waals surface area contributed by atoms with Crippen molar-refractivity contribution in [3.63, 3.8) is 0 Å². The molecular weight excluding hydrogens is 250 g/mol. The summed E-state index contributed by atoms with van der Waals surface area (Å²) in [5.74, 6) is 3.63. The summed E-state index contributed by atoms with van der Waals surface area (Å²) in [4.78, 5) is 2.35. The van der Waals surface area contributed by atoms with Crippen LogP contribution in [0.3, 0.4) is 0 Å². The number of nitrogens with one attached hydrogen (secondary N) is 1. The summed E-state index contributed by atoms with van der Waals surface area (Å²) < 4.78 is 1.93. The highest BCUT2D eigenvalue weighted by Gasteiger charge is 2.24. The SMILES string of the molecule is C#CCN(CCn1cc(CNC2CC2)nn1)CC1CC1. The van der Waals surface area contributed by atoms with Crippen molar-refractivity contribution in [3.05, 3.63) is 11.9 Å². The van der Waals surface area contributed by atoms with E-state index in [0.717, 1.165) is 44.3 Å². The van der Waals surface area contributed by atoms with E-state index in [0.29, 0.717) is 6.04 Å². The summed E-state index contributed by atoms with van der Waals surface area (Å²) in [6.45, 7) is 4.53. The van der Waals surface area contributed by atoms with Gasteiger partial charge in [0.2, 0.25) is 0 Å². The maximum atomic E-state index is 5.44. The Bertz CT molecular complexity index is 467. The zero-order valence-corrected chi connectivity index (χ0v) is 12.0. The van der Waals surface area contributed by atoms with Crippen LogP contribution in [0.2, 0.25) is 0 Å². The van der Waals surface area contributed by atoms with E-state index in [1.165, 1.54) is 25.7 Å². The molecule has 1 aromatic rings. The van der Waals surface area contributed by atoms with Gasteiger partial charge in [-0.3, -0.25) is 9.58 Å². The Morgan fingerprint density at radius 1 is 1.40 bits per heavy atom. The second-order valence-electron chi connectivity index (χ2n) is 6.01. The molecule has 0 bridgehead atoms. The van der Waals surface area contributed by atoms with E-state index in [9.17, 15) is 0 Å². The second-order valence-corrected chi connectivity index (χ2v) is 6.01. The van der Waals surface area contributed by atoms with Crippen LogP contribution in [-0.4, -0.2) is 45.6 Å². The van der Waals surface area contributed by atoms with E-state index < -0.39 is 0 Å². The molecule has 2 aliphatic carbocycles. The van der Waals surface area contributed by atoms with Crippen molar-refractivity contribution in [3.8, 4) is 12.3 Å². The van der Waals surface area contributed by atoms with Gasteiger partial charge in [0.25, 0.3) is 0 Å². The highest BCUT2D eigenvalue weighted by atomic mass is 15.4. The number of terminal acetylenes is 1. The molecule has 0 spiro atoms. The predicted octanol–water partition coefficient (Wildman–Crippen LogP) is 0.875. The fourth-order valence-electron chi connectivity index (χ4n) is 2.34. The molecular formula is C15H23N5. The predicted molar refractivity (Wildman–Crippen MR) is 77.9 cm³/mol. The van der Waals surface area contributed by atoms with Crippen LogP contribution >= 0.6 is 0 Å². The molecule has 20 heavy (non-hydrogen) atoms. The van der Waals surface area contributed by atoms with Crippen molar-refractivity contribution < 1.29 is 0 Å². The lowest BCUT2D eigenvalue weighted by Gasteiger charge is -2.18. The molecule has 1 N–H and O–H groups in total. The molecule has 0 atom stereocenters. The first-order valence-electron chi connectivity index (χ1n) is 7.61. The van der Waals surface area contributed by atoms with E-state index in [-0.39, 0.29) is 0 Å². The van der Waals surface area contributed by atoms with Crippen molar-refractivity contribution >= 4 is 0 Å². The van der Waals surface area contributed by atoms with Crippen molar-refractivity contribution in [2.75, 3.05) is 19.6 Å². The molecule has 3 rings (SSSR count). The Morgan fingerprint density at radius 3 is 2.95 bits per heavy atom. The lowest BCUT2D eigenvalue weighted by Crippen LogP contribution is -2.30. The summed E-state index contributed by atoms with van der Waals surface area (Å²) in [7, 11) is 0. The van der Waals surface area contributed by atoms with Gasteiger partial charge in [-0.2, -0.15) is 0 Å². The minimum absolute atomic E-state index is 0.713. The zero-order valence-electron chi connectivity index (χ0n) is 12.0. The average Bonchev–Trinajstić information content (AvgIpc) is 3.36. The molecule has 0 aromatic carbocycles. The molecule has 1 heterocycles. The fourth-order valence-corrected chi connectivity index (χ4v) is 2.34. The summed E-state index contributed by atoms with van der Waals surface area (Å²) >= 11 is 0. The molecule has 0 radical (unpaired) electrons. The van der Waals surface area contributed by atoms with Gasteiger partial charge in [0, 0.05) is 31.9 Å². The minimum atomic E-state index is 0.713. The summed E-state index contributed by atoms with van der Waals surface area (Å²) in [6.07, 6.45) is 12.8. The summed E-state index contributed by atoms with van der Waals surface area (Å²) in [5, 5.41) is 11.8. The molecule has 5 nitrogen and oxygen atoms in total. The maximum Gasteiger partial charge on any atom is 0.0964 e. The van der Waals surface area contributed by atoms with Crippen molar-refractivity contribution in [2.24, 2.45) is 5.92 Å². The van der Waals surface area contributed by atoms with Crippen LogP contribution in [0.4, 0.5) is 0 Å². The van der Waals surface area contributed by atoms with Gasteiger partial charge >= 0.3 is 0 Å². The second kappa shape index (κ2) is 6.38. The van der Waals surface area contributed by atoms with Gasteiger partial charge in [0.15, 0.2) is 0 Å². The van der Waals surface area contributed by atoms with Crippen LogP contribution in [0.5, 0.6) is 0 Å². The third-order valence-corrected chi connectivity index (χ3v) is 3.91. The molecule has 0 unspecified atom stereocenters. The standard InChI is InChI=1S/C15H23N5/c1-2-7-19(11-13-3-4-13)8-9-20-12-15(17-18-20)10-16-14-5-6-14/h1,12-14,16H,3-11H2. The molecule has 108 valence electrons. The van der Waals surface area contributed by atoms with Gasteiger partial charge in [-0.25, -0.2) is 0 Å². The van der Waals surface area contributed by atoms with Gasteiger partial charge in [0.1, 0.15) is 0 Å². The first-order valence-corrected chi connectivity index (χ1v) is 7.61. The first kappa shape index (κ1) is 13.6. The quantitative estimate of drug-likeness (QED) is 0.678. The van der Waals surface area contributed by atoms with Crippen molar-refractivity contribution in [1.82, 2.24) is 25.2 Å². The molecule has 0 amide bonds. The minimum Gasteiger partial charge on any atom is -0.308 e. The lowest BCUT2D eigenvalue weighted by atomic mass is 10.3. The van der Waals surface area contributed by atoms with Crippen LogP contribution < -0.4 is 5.32 Å². The van der Waals surface area contributed by atoms with Gasteiger partial charge < -0.3 is 5.32 Å². The number of rotatable bonds is 9. The first-order chi connectivity index (χ1) is 9.83. The Morgan fingerprint density at radius 2 is 2.25 bits per heavy atom. The molecule has 2 fully saturated rings. The molecule has 1 aromatic heterocycles. The van der Waals surface area contributed by atoms with Crippen LogP contribution in [0.25, 0.3) is 0 Å². The van der Waals surface area contributed by atoms with E-state index in [2.05, 4.69) is 26.4 Å². The summed E-state index contributed by atoms with van der Waals surface area (Å²) in [5.41, 5.74) is 1.03. The topological polar surface area (TPSA) is 46.0 Å². The lowest BCUT2D eigenvalue weighted by molar-refractivity contribution is 0.276. The highest BCUT2D eigenvalue weighted by molar-refractivity contribution is 4.94. The molecule has 0 aliphatic heterocycles. The van der Waals surface area contributed by atoms with Gasteiger partial charge in [-0.15, -0.1) is 11.5 Å². The Labute approximate surface area is 120 Å². The molecule has 5 heteroatoms. The van der Waals surface area contributed by atoms with Crippen molar-refractivity contribution in [1.29, 1.82) is 0 Å². The Hall–Kier alpha value is -1.38. The van der Waals surface area contributed by atoms with Crippen LogP contribution in [0, 0.1) is 18.3 Å². The number of hydrogen-bond donors (Lipinski definition) is 1. The third kappa shape index (κ3) is 4.32. The largest absolute Gasteiger partial charge is 0.308 e. The van der Waals surface area contributed by atoms with E-state index in [1.54, 1.807) is 0 Å². The average molecular weight is 273 g/mol. The van der Waals surface area contributed by atoms with Crippen LogP contribution in [0.1, 0.15) is 31.4 Å². The molecule has 0 saturated heterocycles. The van der Waals surface area contributed by atoms with E-state index in [1.807, 2.05) is 10.9 Å². The zero-order chi connectivity index (χ0) is 13.8. The van der Waals surface area contributed by atoms with Gasteiger partial charge in [0.05, 0.1) is 18.8 Å². The van der Waals surface area contributed by atoms with E-state index in [4.69, 9.17) is 6.42 Å². The van der Waals surface area contributed by atoms with Crippen LogP contribution in [0.15, 0.2) is 6.20 Å². The smallest absolute Gasteiger partial charge is 0.0964 e. The monoisotopic (exact) mass is 273 g/mol. The fraction of sp³-hybridized carbons (Fsp3) is 0.733. The third-order valence-electron chi connectivity index (χ3n) is 3.91. The maximum absolute atomic E-state index is 5.44.